The van der Waals surface area contributed by atoms with Crippen molar-refractivity contribution in [1.82, 2.24) is 9.78 Å². The van der Waals surface area contributed by atoms with Gasteiger partial charge in [0.2, 0.25) is 0 Å². The molecule has 3 rings (SSSR count). The van der Waals surface area contributed by atoms with E-state index in [0.29, 0.717) is 12.3 Å². The van der Waals surface area contributed by atoms with Gasteiger partial charge in [-0.05, 0) is 24.6 Å². The molecule has 1 atom stereocenters. The molecule has 2 heterocycles. The van der Waals surface area contributed by atoms with Crippen LogP contribution in [0.25, 0.3) is 11.0 Å². The van der Waals surface area contributed by atoms with Crippen LogP contribution in [0.2, 0.25) is 0 Å². The van der Waals surface area contributed by atoms with Crippen molar-refractivity contribution in [2.24, 2.45) is 5.73 Å². The highest BCUT2D eigenvalue weighted by Gasteiger charge is 2.13. The van der Waals surface area contributed by atoms with Crippen molar-refractivity contribution in [2.45, 2.75) is 19.5 Å². The third-order valence-corrected chi connectivity index (χ3v) is 3.19. The maximum absolute atomic E-state index is 11.8. The third kappa shape index (κ3) is 2.35. The largest absolute Gasteiger partial charge is 0.459 e. The number of hydrogen-bond donors (Lipinski definition) is 1. The number of hydrogen-bond acceptors (Lipinski definition) is 4. The number of fused-ring (bicyclic) bond motifs is 1. The molecule has 1 aromatic carbocycles. The van der Waals surface area contributed by atoms with Crippen LogP contribution in [0.1, 0.15) is 17.4 Å². The molecule has 102 valence electrons. The Morgan fingerprint density at radius 3 is 2.90 bits per heavy atom. The topological polar surface area (TPSA) is 74.1 Å². The van der Waals surface area contributed by atoms with Crippen LogP contribution in [-0.2, 0) is 6.54 Å². The number of aryl methyl sites for hydroxylation is 1. The number of nitrogens with two attached hydrogens (primary N) is 1. The van der Waals surface area contributed by atoms with Gasteiger partial charge in [0.1, 0.15) is 11.3 Å². The molecular formula is C15H15N3O2. The fraction of sp³-hybridized carbons (Fsp3) is 0.200. The van der Waals surface area contributed by atoms with Gasteiger partial charge in [-0.15, -0.1) is 0 Å². The van der Waals surface area contributed by atoms with E-state index in [4.69, 9.17) is 10.2 Å². The minimum atomic E-state index is -0.407. The average Bonchev–Trinajstić information content (AvgIpc) is 2.86. The number of nitrogens with zero attached hydrogens (tertiary/aromatic N) is 2. The predicted octanol–water partition coefficient (Wildman–Crippen LogP) is 2.00. The lowest BCUT2D eigenvalue weighted by Crippen LogP contribution is -2.28. The Kier molecular flexibility index (Phi) is 3.12. The molecule has 3 aromatic rings. The van der Waals surface area contributed by atoms with Gasteiger partial charge in [0, 0.05) is 11.5 Å². The van der Waals surface area contributed by atoms with Crippen molar-refractivity contribution in [2.75, 3.05) is 0 Å². The molecule has 0 saturated heterocycles. The molecule has 1 unspecified atom stereocenters. The highest BCUT2D eigenvalue weighted by atomic mass is 16.3. The third-order valence-electron chi connectivity index (χ3n) is 3.19. The summed E-state index contributed by atoms with van der Waals surface area (Å²) in [5.41, 5.74) is 7.58. The Hall–Kier alpha value is -2.40. The molecule has 5 nitrogen and oxygen atoms in total. The van der Waals surface area contributed by atoms with Crippen molar-refractivity contribution in [1.29, 1.82) is 0 Å². The maximum atomic E-state index is 11.8. The molecular weight excluding hydrogens is 254 g/mol. The smallest absolute Gasteiger partial charge is 0.267 e. The summed E-state index contributed by atoms with van der Waals surface area (Å²) in [6.07, 6.45) is 1.65. The second-order valence-corrected chi connectivity index (χ2v) is 4.85. The Balaban J connectivity index is 1.88. The summed E-state index contributed by atoms with van der Waals surface area (Å²) in [6.45, 7) is 2.12. The summed E-state index contributed by atoms with van der Waals surface area (Å²) in [4.78, 5) is 11.8. The van der Waals surface area contributed by atoms with Crippen LogP contribution >= 0.6 is 0 Å². The van der Waals surface area contributed by atoms with Crippen LogP contribution in [0.15, 0.2) is 51.8 Å². The summed E-state index contributed by atoms with van der Waals surface area (Å²) in [6, 6.07) is 10.7. The highest BCUT2D eigenvalue weighted by molar-refractivity contribution is 5.77. The maximum Gasteiger partial charge on any atom is 0.267 e. The lowest BCUT2D eigenvalue weighted by Gasteiger charge is -2.09. The zero-order chi connectivity index (χ0) is 14.1. The van der Waals surface area contributed by atoms with Crippen molar-refractivity contribution >= 4 is 11.0 Å². The van der Waals surface area contributed by atoms with Crippen molar-refractivity contribution in [3.63, 3.8) is 0 Å². The summed E-state index contributed by atoms with van der Waals surface area (Å²) in [5, 5.41) is 5.08. The van der Waals surface area contributed by atoms with Crippen molar-refractivity contribution in [3.05, 3.63) is 64.3 Å². The summed E-state index contributed by atoms with van der Waals surface area (Å²) < 4.78 is 7.05. The van der Waals surface area contributed by atoms with E-state index in [2.05, 4.69) is 5.10 Å². The molecule has 20 heavy (non-hydrogen) atoms. The van der Waals surface area contributed by atoms with Crippen molar-refractivity contribution in [3.8, 4) is 0 Å². The Bertz CT molecular complexity index is 771. The molecule has 0 radical (unpaired) electrons. The Labute approximate surface area is 115 Å². The van der Waals surface area contributed by atoms with Gasteiger partial charge in [-0.25, -0.2) is 4.68 Å². The standard InChI is InChI=1S/C15H15N3O2/c1-10-6-15(19)18(17-8-10)9-12(16)14-7-11-4-2-3-5-13(11)20-14/h2-8,12H,9,16H2,1H3. The minimum Gasteiger partial charge on any atom is -0.459 e. The first-order valence-electron chi connectivity index (χ1n) is 6.41. The number of furan rings is 1. The van der Waals surface area contributed by atoms with Gasteiger partial charge in [0.15, 0.2) is 0 Å². The van der Waals surface area contributed by atoms with Gasteiger partial charge in [0.05, 0.1) is 18.8 Å². The Morgan fingerprint density at radius 2 is 2.15 bits per heavy atom. The monoisotopic (exact) mass is 269 g/mol. The second-order valence-electron chi connectivity index (χ2n) is 4.85. The first-order valence-corrected chi connectivity index (χ1v) is 6.41. The zero-order valence-electron chi connectivity index (χ0n) is 11.1. The SMILES string of the molecule is Cc1cnn(CC(N)c2cc3ccccc3o2)c(=O)c1. The van der Waals surface area contributed by atoms with Gasteiger partial charge in [-0.2, -0.15) is 5.10 Å². The molecule has 0 saturated carbocycles. The van der Waals surface area contributed by atoms with E-state index in [1.165, 1.54) is 4.68 Å². The summed E-state index contributed by atoms with van der Waals surface area (Å²) >= 11 is 0. The van der Waals surface area contributed by atoms with Gasteiger partial charge in [0.25, 0.3) is 5.56 Å². The summed E-state index contributed by atoms with van der Waals surface area (Å²) in [7, 11) is 0. The first-order chi connectivity index (χ1) is 9.63. The van der Waals surface area contributed by atoms with E-state index in [1.54, 1.807) is 12.3 Å². The van der Waals surface area contributed by atoms with Gasteiger partial charge < -0.3 is 10.2 Å². The molecule has 0 aliphatic heterocycles. The normalized spacial score (nSPS) is 12.7. The highest BCUT2D eigenvalue weighted by Crippen LogP contribution is 2.23. The van der Waals surface area contributed by atoms with Crippen LogP contribution in [0.5, 0.6) is 0 Å². The number of benzene rings is 1. The van der Waals surface area contributed by atoms with E-state index in [0.717, 1.165) is 16.5 Å². The zero-order valence-corrected chi connectivity index (χ0v) is 11.1. The van der Waals surface area contributed by atoms with Crippen LogP contribution in [0, 0.1) is 6.92 Å². The predicted molar refractivity (Wildman–Crippen MR) is 76.4 cm³/mol. The molecule has 0 spiro atoms. The van der Waals surface area contributed by atoms with Crippen LogP contribution in [0.3, 0.4) is 0 Å². The van der Waals surface area contributed by atoms with Gasteiger partial charge in [-0.1, -0.05) is 18.2 Å². The molecule has 0 fully saturated rings. The molecule has 0 aliphatic carbocycles. The van der Waals surface area contributed by atoms with Crippen LogP contribution in [-0.4, -0.2) is 9.78 Å². The van der Waals surface area contributed by atoms with E-state index < -0.39 is 6.04 Å². The minimum absolute atomic E-state index is 0.156. The molecule has 2 aromatic heterocycles. The van der Waals surface area contributed by atoms with Gasteiger partial charge >= 0.3 is 0 Å². The number of rotatable bonds is 3. The van der Waals surface area contributed by atoms with E-state index in [1.807, 2.05) is 37.3 Å². The molecule has 0 bridgehead atoms. The van der Waals surface area contributed by atoms with E-state index in [-0.39, 0.29) is 5.56 Å². The van der Waals surface area contributed by atoms with E-state index >= 15 is 0 Å². The quantitative estimate of drug-likeness (QED) is 0.789. The molecule has 2 N–H and O–H groups in total. The van der Waals surface area contributed by atoms with Gasteiger partial charge in [-0.3, -0.25) is 4.79 Å². The fourth-order valence-corrected chi connectivity index (χ4v) is 2.12. The second kappa shape index (κ2) is 4.94. The van der Waals surface area contributed by atoms with Crippen LogP contribution in [0.4, 0.5) is 0 Å². The molecule has 0 aliphatic rings. The van der Waals surface area contributed by atoms with Crippen molar-refractivity contribution < 1.29 is 4.42 Å². The number of aromatic nitrogens is 2. The Morgan fingerprint density at radius 1 is 1.35 bits per heavy atom. The first kappa shape index (κ1) is 12.6. The lowest BCUT2D eigenvalue weighted by molar-refractivity contribution is 0.428. The van der Waals surface area contributed by atoms with Crippen LogP contribution < -0.4 is 11.3 Å². The number of para-hydroxylation sites is 1. The fourth-order valence-electron chi connectivity index (χ4n) is 2.12. The average molecular weight is 269 g/mol. The molecule has 5 heteroatoms. The lowest BCUT2D eigenvalue weighted by atomic mass is 10.2. The summed E-state index contributed by atoms with van der Waals surface area (Å²) in [5.74, 6) is 0.653. The molecule has 0 amide bonds. The van der Waals surface area contributed by atoms with E-state index in [9.17, 15) is 4.79 Å².